The summed E-state index contributed by atoms with van der Waals surface area (Å²) in [6, 6.07) is 10.9. The predicted molar refractivity (Wildman–Crippen MR) is 125 cm³/mol. The zero-order chi connectivity index (χ0) is 24.9. The van der Waals surface area contributed by atoms with E-state index in [4.69, 9.17) is 9.15 Å². The fourth-order valence-electron chi connectivity index (χ4n) is 3.98. The molecule has 0 bridgehead atoms. The highest BCUT2D eigenvalue weighted by Gasteiger charge is 2.47. The fourth-order valence-corrected chi connectivity index (χ4v) is 4.70. The zero-order valence-corrected chi connectivity index (χ0v) is 19.1. The maximum absolute atomic E-state index is 13.7. The molecule has 1 amide bonds. The average Bonchev–Trinajstić information content (AvgIpc) is 3.55. The van der Waals surface area contributed by atoms with Crippen LogP contribution in [0.4, 0.5) is 10.8 Å². The molecule has 176 valence electrons. The monoisotopic (exact) mass is 492 g/mol. The summed E-state index contributed by atoms with van der Waals surface area (Å²) in [5.41, 5.74) is 0.0316. The number of fused-ring (bicyclic) bond motifs is 1. The summed E-state index contributed by atoms with van der Waals surface area (Å²) in [4.78, 5) is 38.7. The third-order valence-corrected chi connectivity index (χ3v) is 6.36. The van der Waals surface area contributed by atoms with Gasteiger partial charge in [0.25, 0.3) is 11.6 Å². The number of carbonyl (C=O) groups is 2. The summed E-state index contributed by atoms with van der Waals surface area (Å²) in [6.07, 6.45) is 0. The number of Topliss-reactive ketones (excluding diaryl/α,β-unsaturated/α-hetero) is 1. The van der Waals surface area contributed by atoms with E-state index in [0.717, 1.165) is 16.2 Å². The number of nitro groups is 1. The number of aryl methyl sites for hydroxylation is 1. The number of ketones is 1. The van der Waals surface area contributed by atoms with Gasteiger partial charge in [-0.3, -0.25) is 24.6 Å². The van der Waals surface area contributed by atoms with Gasteiger partial charge in [0.05, 0.1) is 23.6 Å². The van der Waals surface area contributed by atoms with Crippen LogP contribution in [-0.4, -0.2) is 39.0 Å². The molecule has 0 saturated carbocycles. The number of rotatable bonds is 6. The molecule has 0 fully saturated rings. The van der Waals surface area contributed by atoms with Crippen LogP contribution in [0.2, 0.25) is 0 Å². The number of furan rings is 1. The first-order valence-corrected chi connectivity index (χ1v) is 11.0. The SMILES string of the molecule is COc1cccc2cc(C(=O)C3=C(O)C(=O)N(c4nnc(C)s4)[C@@H]3c3cccc([N+](=O)[O-])c3)oc12. The maximum Gasteiger partial charge on any atom is 0.296 e. The smallest absolute Gasteiger partial charge is 0.296 e. The average molecular weight is 492 g/mol. The Hall–Kier alpha value is -4.58. The van der Waals surface area contributed by atoms with E-state index >= 15 is 0 Å². The zero-order valence-electron chi connectivity index (χ0n) is 18.3. The lowest BCUT2D eigenvalue weighted by Gasteiger charge is -2.23. The molecule has 1 atom stereocenters. The van der Waals surface area contributed by atoms with Crippen LogP contribution in [0.25, 0.3) is 11.0 Å². The second-order valence-electron chi connectivity index (χ2n) is 7.61. The predicted octanol–water partition coefficient (Wildman–Crippen LogP) is 4.29. The molecule has 0 saturated heterocycles. The summed E-state index contributed by atoms with van der Waals surface area (Å²) in [7, 11) is 1.46. The van der Waals surface area contributed by atoms with E-state index in [0.29, 0.717) is 21.7 Å². The highest BCUT2D eigenvalue weighted by molar-refractivity contribution is 7.15. The van der Waals surface area contributed by atoms with Gasteiger partial charge in [-0.15, -0.1) is 10.2 Å². The van der Waals surface area contributed by atoms with Crippen LogP contribution in [0.3, 0.4) is 0 Å². The van der Waals surface area contributed by atoms with E-state index in [-0.39, 0.29) is 27.7 Å². The molecule has 4 aromatic rings. The lowest BCUT2D eigenvalue weighted by atomic mass is 9.95. The third-order valence-electron chi connectivity index (χ3n) is 5.52. The van der Waals surface area contributed by atoms with Crippen molar-refractivity contribution in [3.63, 3.8) is 0 Å². The Morgan fingerprint density at radius 3 is 2.69 bits per heavy atom. The second-order valence-corrected chi connectivity index (χ2v) is 8.77. The van der Waals surface area contributed by atoms with Crippen LogP contribution < -0.4 is 9.64 Å². The molecule has 5 rings (SSSR count). The minimum Gasteiger partial charge on any atom is -0.503 e. The van der Waals surface area contributed by atoms with Crippen molar-refractivity contribution in [3.05, 3.63) is 86.3 Å². The standard InChI is InChI=1S/C23H16N4O7S/c1-11-24-25-23(35-11)26-18(12-5-3-7-14(9-12)27(31)32)17(20(29)22(26)30)19(28)16-10-13-6-4-8-15(33-2)21(13)34-16/h3-10,18,29H,1-2H3/t18-/m1/s1. The van der Waals surface area contributed by atoms with Crippen molar-refractivity contribution in [1.29, 1.82) is 0 Å². The normalized spacial score (nSPS) is 15.8. The minimum atomic E-state index is -1.20. The van der Waals surface area contributed by atoms with Gasteiger partial charge in [-0.2, -0.15) is 0 Å². The third kappa shape index (κ3) is 3.60. The van der Waals surface area contributed by atoms with Gasteiger partial charge < -0.3 is 14.3 Å². The number of para-hydroxylation sites is 1. The number of aliphatic hydroxyl groups is 1. The largest absolute Gasteiger partial charge is 0.503 e. The molecule has 0 radical (unpaired) electrons. The first-order chi connectivity index (χ1) is 16.8. The number of methoxy groups -OCH3 is 1. The fraction of sp³-hybridized carbons (Fsp3) is 0.130. The number of nitro benzene ring substituents is 1. The van der Waals surface area contributed by atoms with E-state index in [1.165, 1.54) is 37.4 Å². The summed E-state index contributed by atoms with van der Waals surface area (Å²) < 4.78 is 11.0. The van der Waals surface area contributed by atoms with E-state index in [1.54, 1.807) is 25.1 Å². The number of anilines is 1. The van der Waals surface area contributed by atoms with Gasteiger partial charge >= 0.3 is 0 Å². The Bertz CT molecular complexity index is 1550. The maximum atomic E-state index is 13.7. The molecule has 3 heterocycles. The molecule has 0 unspecified atom stereocenters. The number of hydrogen-bond acceptors (Lipinski definition) is 10. The van der Waals surface area contributed by atoms with Gasteiger partial charge in [0, 0.05) is 17.5 Å². The van der Waals surface area contributed by atoms with Crippen LogP contribution in [0.5, 0.6) is 5.75 Å². The molecule has 35 heavy (non-hydrogen) atoms. The number of hydrogen-bond donors (Lipinski definition) is 1. The molecule has 2 aromatic heterocycles. The number of ether oxygens (including phenoxy) is 1. The molecular formula is C23H16N4O7S. The highest BCUT2D eigenvalue weighted by Crippen LogP contribution is 2.44. The van der Waals surface area contributed by atoms with E-state index in [2.05, 4.69) is 10.2 Å². The second kappa shape index (κ2) is 8.33. The van der Waals surface area contributed by atoms with E-state index in [9.17, 15) is 24.8 Å². The van der Waals surface area contributed by atoms with E-state index in [1.807, 2.05) is 0 Å². The Morgan fingerprint density at radius 1 is 1.23 bits per heavy atom. The van der Waals surface area contributed by atoms with Crippen molar-refractivity contribution in [1.82, 2.24) is 10.2 Å². The lowest BCUT2D eigenvalue weighted by molar-refractivity contribution is -0.384. The van der Waals surface area contributed by atoms with Crippen molar-refractivity contribution in [2.45, 2.75) is 13.0 Å². The van der Waals surface area contributed by atoms with Crippen molar-refractivity contribution in [2.24, 2.45) is 0 Å². The first kappa shape index (κ1) is 22.2. The minimum absolute atomic E-state index is 0.129. The topological polar surface area (TPSA) is 149 Å². The van der Waals surface area contributed by atoms with Crippen LogP contribution in [-0.2, 0) is 4.79 Å². The van der Waals surface area contributed by atoms with Crippen molar-refractivity contribution in [2.75, 3.05) is 12.0 Å². The van der Waals surface area contributed by atoms with Crippen molar-refractivity contribution in [3.8, 4) is 5.75 Å². The van der Waals surface area contributed by atoms with Gasteiger partial charge in [-0.25, -0.2) is 0 Å². The van der Waals surface area contributed by atoms with Crippen molar-refractivity contribution < 1.29 is 28.8 Å². The lowest BCUT2D eigenvalue weighted by Crippen LogP contribution is -2.31. The molecular weight excluding hydrogens is 476 g/mol. The molecule has 1 aliphatic heterocycles. The molecule has 0 aliphatic carbocycles. The molecule has 11 nitrogen and oxygen atoms in total. The Labute approximate surface area is 201 Å². The number of amides is 1. The van der Waals surface area contributed by atoms with Gasteiger partial charge in [0.2, 0.25) is 10.9 Å². The Kier molecular flexibility index (Phi) is 5.29. The van der Waals surface area contributed by atoms with Gasteiger partial charge in [0.15, 0.2) is 22.9 Å². The molecule has 1 aliphatic rings. The van der Waals surface area contributed by atoms with Gasteiger partial charge in [-0.05, 0) is 24.6 Å². The number of non-ortho nitro benzene ring substituents is 1. The number of nitrogens with zero attached hydrogens (tertiary/aromatic N) is 4. The summed E-state index contributed by atoms with van der Waals surface area (Å²) in [6.45, 7) is 1.69. The summed E-state index contributed by atoms with van der Waals surface area (Å²) >= 11 is 1.08. The van der Waals surface area contributed by atoms with E-state index < -0.39 is 28.4 Å². The summed E-state index contributed by atoms with van der Waals surface area (Å²) in [5, 5.41) is 31.4. The number of aliphatic hydroxyl groups excluding tert-OH is 1. The van der Waals surface area contributed by atoms with Crippen molar-refractivity contribution >= 4 is 44.8 Å². The molecule has 12 heteroatoms. The Morgan fingerprint density at radius 2 is 2.00 bits per heavy atom. The summed E-state index contributed by atoms with van der Waals surface area (Å²) in [5.74, 6) is -2.16. The highest BCUT2D eigenvalue weighted by atomic mass is 32.1. The van der Waals surface area contributed by atoms with Crippen LogP contribution >= 0.6 is 11.3 Å². The molecule has 0 spiro atoms. The Balaban J connectivity index is 1.68. The first-order valence-electron chi connectivity index (χ1n) is 10.2. The number of aromatic nitrogens is 2. The molecule has 2 aromatic carbocycles. The van der Waals surface area contributed by atoms with Gasteiger partial charge in [0.1, 0.15) is 5.01 Å². The quantitative estimate of drug-likeness (QED) is 0.236. The van der Waals surface area contributed by atoms with Gasteiger partial charge in [-0.1, -0.05) is 35.6 Å². The van der Waals surface area contributed by atoms with Crippen LogP contribution in [0, 0.1) is 17.0 Å². The number of carbonyl (C=O) groups excluding carboxylic acids is 2. The van der Waals surface area contributed by atoms with Crippen LogP contribution in [0.15, 0.2) is 64.3 Å². The molecule has 1 N–H and O–H groups in total. The van der Waals surface area contributed by atoms with Crippen LogP contribution in [0.1, 0.15) is 27.2 Å². The number of benzene rings is 2.